The monoisotopic (exact) mass is 1020 g/mol. The number of rotatable bonds is 16. The number of aliphatic hydroxyl groups is 18. The molecule has 1 amide bonds. The summed E-state index contributed by atoms with van der Waals surface area (Å²) in [5.74, 6) is -0.869. The molecule has 0 aromatic rings. The maximum atomic E-state index is 12.7. The Hall–Kier alpha value is -1.69. The normalized spacial score (nSPS) is 52.1. The second-order valence-corrected chi connectivity index (χ2v) is 17.5. The van der Waals surface area contributed by atoms with E-state index < -0.39 is 223 Å². The summed E-state index contributed by atoms with van der Waals surface area (Å²) >= 11 is 0. The fourth-order valence-corrected chi connectivity index (χ4v) is 8.83. The van der Waals surface area contributed by atoms with Crippen molar-refractivity contribution < 1.29 is 149 Å². The molecular formula is C38H65NO30. The Morgan fingerprint density at radius 3 is 1.35 bits per heavy atom. The number of hydrogen-bond donors (Lipinski definition) is 19. The van der Waals surface area contributed by atoms with Crippen LogP contribution in [0.25, 0.3) is 0 Å². The minimum Gasteiger partial charge on any atom is -0.394 e. The number of amides is 1. The van der Waals surface area contributed by atoms with Crippen molar-refractivity contribution in [3.63, 3.8) is 0 Å². The van der Waals surface area contributed by atoms with Crippen molar-refractivity contribution in [2.24, 2.45) is 0 Å². The number of carbonyl (C=O) groups is 1. The van der Waals surface area contributed by atoms with Gasteiger partial charge >= 0.3 is 0 Å². The summed E-state index contributed by atoms with van der Waals surface area (Å²) in [5, 5.41) is 194. The van der Waals surface area contributed by atoms with E-state index >= 15 is 0 Å². The smallest absolute Gasteiger partial charge is 0.217 e. The molecule has 6 saturated heterocycles. The standard InChI is InChI=1S/C38H65NO30/c1-8-16(46)21(51)25(55)35(59-8)69-32-31(68-36-26(56)22(52)17(47)10(3-40)61-36)19(49)12(5-42)63-38(32)66-28-14(7-44)64-34(15(20(28)50)39-9(2)45)67-30-18(48)11(4-41)62-37(27(30)57)65-29-13(6-43)60-33(58)24(54)23(29)53/h8,10-38,40-44,46-58H,3-7H2,1-2H3,(H,39,45)/t8-,10+,11+,12+,13+,14+,15+,16+,17-,18-,19-,20+,21+,22-,23+,24+,25-,26+,27+,28+,29+,30-,31-,32+,33-,34-,35-,36+,37-,38-/m0/s1. The van der Waals surface area contributed by atoms with Crippen molar-refractivity contribution in [1.82, 2.24) is 5.32 Å². The maximum Gasteiger partial charge on any atom is 0.217 e. The van der Waals surface area contributed by atoms with Crippen LogP contribution in [0.2, 0.25) is 0 Å². The highest BCUT2D eigenvalue weighted by molar-refractivity contribution is 5.73. The van der Waals surface area contributed by atoms with Gasteiger partial charge in [-0.1, -0.05) is 0 Å². The summed E-state index contributed by atoms with van der Waals surface area (Å²) in [4.78, 5) is 12.7. The molecule has 0 aromatic heterocycles. The third-order valence-electron chi connectivity index (χ3n) is 12.8. The van der Waals surface area contributed by atoms with Crippen molar-refractivity contribution >= 4 is 5.91 Å². The molecule has 402 valence electrons. The number of aliphatic hydroxyl groups excluding tert-OH is 18. The van der Waals surface area contributed by atoms with E-state index in [9.17, 15) is 96.7 Å². The van der Waals surface area contributed by atoms with E-state index in [2.05, 4.69) is 5.32 Å². The van der Waals surface area contributed by atoms with Gasteiger partial charge in [-0.2, -0.15) is 0 Å². The van der Waals surface area contributed by atoms with Crippen molar-refractivity contribution in [2.75, 3.05) is 33.0 Å². The van der Waals surface area contributed by atoms with Gasteiger partial charge in [0.05, 0.1) is 39.1 Å². The Morgan fingerprint density at radius 2 is 0.783 bits per heavy atom. The SMILES string of the molecule is CC(=O)N[C@H]1[C@H](O[C@H]2[C@@H](O)[C@@H](CO)O[C@@H](O[C@H]3[C@H](O)[C@@H](O)[C@@H](O)O[C@@H]3CO)[C@@H]2O)O[C@H](CO)[C@@H](O[C@@H]2O[C@H](CO)[C@H](O)[C@H](O[C@H]3O[C@H](CO)[C@H](O)[C@H](O)[C@H]3O)[C@H]2O[C@@H]2O[C@@H](C)[C@@H](O)[C@@H](O)[C@@H]2O)[C@@H]1O. The van der Waals surface area contributed by atoms with Crippen LogP contribution < -0.4 is 5.32 Å². The molecule has 6 aliphatic rings. The first-order valence-corrected chi connectivity index (χ1v) is 22.0. The van der Waals surface area contributed by atoms with Crippen molar-refractivity contribution in [3.05, 3.63) is 0 Å². The number of hydrogen-bond acceptors (Lipinski definition) is 30. The van der Waals surface area contributed by atoms with E-state index in [0.717, 1.165) is 6.92 Å². The van der Waals surface area contributed by atoms with Gasteiger partial charge in [0.2, 0.25) is 5.91 Å². The first-order chi connectivity index (χ1) is 32.6. The quantitative estimate of drug-likeness (QED) is 0.0682. The van der Waals surface area contributed by atoms with Gasteiger partial charge in [0, 0.05) is 6.92 Å². The lowest BCUT2D eigenvalue weighted by Gasteiger charge is -2.51. The molecule has 0 aliphatic carbocycles. The zero-order chi connectivity index (χ0) is 50.9. The van der Waals surface area contributed by atoms with E-state index in [1.54, 1.807) is 0 Å². The minimum absolute atomic E-state index is 0.869. The number of ether oxygens (including phenoxy) is 11. The second-order valence-electron chi connectivity index (χ2n) is 17.5. The lowest BCUT2D eigenvalue weighted by molar-refractivity contribution is -0.405. The summed E-state index contributed by atoms with van der Waals surface area (Å²) in [7, 11) is 0. The highest BCUT2D eigenvalue weighted by Gasteiger charge is 2.58. The lowest BCUT2D eigenvalue weighted by Crippen LogP contribution is -2.70. The van der Waals surface area contributed by atoms with Gasteiger partial charge < -0.3 is 149 Å². The third kappa shape index (κ3) is 11.8. The predicted octanol–water partition coefficient (Wildman–Crippen LogP) is -12.9. The van der Waals surface area contributed by atoms with E-state index in [1.807, 2.05) is 0 Å². The molecule has 0 bridgehead atoms. The Balaban J connectivity index is 1.30. The topological polar surface area (TPSA) is 495 Å². The van der Waals surface area contributed by atoms with Gasteiger partial charge in [0.1, 0.15) is 140 Å². The van der Waals surface area contributed by atoms with Crippen LogP contribution in [0.5, 0.6) is 0 Å². The molecule has 6 fully saturated rings. The zero-order valence-corrected chi connectivity index (χ0v) is 36.8. The average Bonchev–Trinajstić information content (AvgIpc) is 3.32. The molecule has 31 nitrogen and oxygen atoms in total. The summed E-state index contributed by atoms with van der Waals surface area (Å²) in [6.45, 7) is -2.63. The Morgan fingerprint density at radius 1 is 0.377 bits per heavy atom. The van der Waals surface area contributed by atoms with Crippen LogP contribution >= 0.6 is 0 Å². The Labute approximate surface area is 390 Å². The zero-order valence-electron chi connectivity index (χ0n) is 36.8. The maximum absolute atomic E-state index is 12.7. The highest BCUT2D eigenvalue weighted by atomic mass is 16.8. The van der Waals surface area contributed by atoms with Crippen LogP contribution in [0.15, 0.2) is 0 Å². The van der Waals surface area contributed by atoms with E-state index in [0.29, 0.717) is 0 Å². The van der Waals surface area contributed by atoms with Gasteiger partial charge in [0.15, 0.2) is 37.7 Å². The highest BCUT2D eigenvalue weighted by Crippen LogP contribution is 2.38. The molecule has 0 aromatic carbocycles. The molecule has 0 radical (unpaired) electrons. The summed E-state index contributed by atoms with van der Waals surface area (Å²) in [5.41, 5.74) is 0. The molecular weight excluding hydrogens is 950 g/mol. The van der Waals surface area contributed by atoms with Crippen molar-refractivity contribution in [1.29, 1.82) is 0 Å². The van der Waals surface area contributed by atoms with Gasteiger partial charge in [-0.3, -0.25) is 4.79 Å². The summed E-state index contributed by atoms with van der Waals surface area (Å²) in [6, 6.07) is -1.82. The van der Waals surface area contributed by atoms with E-state index in [-0.39, 0.29) is 0 Å². The summed E-state index contributed by atoms with van der Waals surface area (Å²) in [6.07, 6.45) is -55.0. The Kier molecular flexibility index (Phi) is 19.8. The molecule has 31 heteroatoms. The lowest BCUT2D eigenvalue weighted by atomic mass is 9.94. The third-order valence-corrected chi connectivity index (χ3v) is 12.8. The molecule has 69 heavy (non-hydrogen) atoms. The summed E-state index contributed by atoms with van der Waals surface area (Å²) < 4.78 is 63.1. The van der Waals surface area contributed by atoms with Crippen molar-refractivity contribution in [3.8, 4) is 0 Å². The second kappa shape index (κ2) is 24.1. The van der Waals surface area contributed by atoms with Crippen LogP contribution in [-0.2, 0) is 56.9 Å². The molecule has 0 spiro atoms. The predicted molar refractivity (Wildman–Crippen MR) is 209 cm³/mol. The average molecular weight is 1020 g/mol. The van der Waals surface area contributed by atoms with Gasteiger partial charge in [0.25, 0.3) is 0 Å². The first kappa shape index (κ1) is 56.6. The van der Waals surface area contributed by atoms with Crippen LogP contribution in [0.4, 0.5) is 0 Å². The fraction of sp³-hybridized carbons (Fsp3) is 0.974. The van der Waals surface area contributed by atoms with Gasteiger partial charge in [-0.15, -0.1) is 0 Å². The number of carbonyl (C=O) groups excluding carboxylic acids is 1. The molecule has 6 rings (SSSR count). The molecule has 0 unspecified atom stereocenters. The largest absolute Gasteiger partial charge is 0.394 e. The minimum atomic E-state index is -2.14. The molecule has 30 atom stereocenters. The van der Waals surface area contributed by atoms with Gasteiger partial charge in [-0.25, -0.2) is 0 Å². The van der Waals surface area contributed by atoms with E-state index in [1.165, 1.54) is 6.92 Å². The van der Waals surface area contributed by atoms with Crippen LogP contribution in [0, 0.1) is 0 Å². The van der Waals surface area contributed by atoms with Crippen LogP contribution in [0.3, 0.4) is 0 Å². The fourth-order valence-electron chi connectivity index (χ4n) is 8.83. The van der Waals surface area contributed by atoms with Gasteiger partial charge in [-0.05, 0) is 6.92 Å². The number of nitrogens with one attached hydrogen (secondary N) is 1. The van der Waals surface area contributed by atoms with Crippen LogP contribution in [0.1, 0.15) is 13.8 Å². The Bertz CT molecular complexity index is 1610. The first-order valence-electron chi connectivity index (χ1n) is 22.0. The molecule has 19 N–H and O–H groups in total. The van der Waals surface area contributed by atoms with Crippen molar-refractivity contribution in [2.45, 2.75) is 198 Å². The van der Waals surface area contributed by atoms with Crippen LogP contribution in [-0.4, -0.2) is 315 Å². The molecule has 6 heterocycles. The molecule has 0 saturated carbocycles. The molecule has 6 aliphatic heterocycles. The van der Waals surface area contributed by atoms with E-state index in [4.69, 9.17) is 52.1 Å².